The first kappa shape index (κ1) is 16.5. The molecule has 1 saturated heterocycles. The zero-order valence-corrected chi connectivity index (χ0v) is 14.4. The molecule has 0 saturated carbocycles. The summed E-state index contributed by atoms with van der Waals surface area (Å²) in [5, 5.41) is 3.21. The van der Waals surface area contributed by atoms with E-state index in [1.165, 1.54) is 11.1 Å². The van der Waals surface area contributed by atoms with E-state index in [1.807, 2.05) is 0 Å². The molecule has 4 heteroatoms. The first-order valence-electron chi connectivity index (χ1n) is 8.69. The van der Waals surface area contributed by atoms with Gasteiger partial charge in [0.15, 0.2) is 0 Å². The van der Waals surface area contributed by atoms with E-state index in [2.05, 4.69) is 48.3 Å². The van der Waals surface area contributed by atoms with Crippen LogP contribution in [0.3, 0.4) is 0 Å². The van der Waals surface area contributed by atoms with Gasteiger partial charge in [0.1, 0.15) is 0 Å². The monoisotopic (exact) mass is 316 g/mol. The molecule has 1 fully saturated rings. The first-order valence-corrected chi connectivity index (χ1v) is 8.69. The lowest BCUT2D eigenvalue weighted by Gasteiger charge is -2.20. The summed E-state index contributed by atoms with van der Waals surface area (Å²) in [5.74, 6) is 0.608. The van der Waals surface area contributed by atoms with Crippen LogP contribution in [0, 0.1) is 5.92 Å². The first-order chi connectivity index (χ1) is 11.1. The second-order valence-corrected chi connectivity index (χ2v) is 7.24. The van der Waals surface area contributed by atoms with Gasteiger partial charge in [-0.25, -0.2) is 0 Å². The van der Waals surface area contributed by atoms with Crippen LogP contribution in [0.25, 0.3) is 0 Å². The minimum Gasteiger partial charge on any atom is -0.378 e. The standard InChI is InChI=1S/C19H28N2O2/c1-13(2)21-11-17(18(12-21)23-3)20-19(22)10-14-8-15-6-4-5-7-16(15)9-14/h4-7,13-14,17-18H,8-12H2,1-3H3,(H,20,22)/t17-,18-/m1/s1. The van der Waals surface area contributed by atoms with E-state index in [0.29, 0.717) is 18.4 Å². The molecule has 0 radical (unpaired) electrons. The van der Waals surface area contributed by atoms with Crippen LogP contribution in [-0.2, 0) is 22.4 Å². The molecule has 1 N–H and O–H groups in total. The molecule has 2 aliphatic rings. The third-order valence-electron chi connectivity index (χ3n) is 5.28. The Labute approximate surface area is 139 Å². The number of likely N-dealkylation sites (tertiary alicyclic amines) is 1. The highest BCUT2D eigenvalue weighted by atomic mass is 16.5. The SMILES string of the molecule is CO[C@@H]1CN(C(C)C)C[C@H]1NC(=O)CC1Cc2ccccc2C1. The van der Waals surface area contributed by atoms with Gasteiger partial charge in [0.25, 0.3) is 0 Å². The van der Waals surface area contributed by atoms with Crippen molar-refractivity contribution in [2.24, 2.45) is 5.92 Å². The number of hydrogen-bond acceptors (Lipinski definition) is 3. The largest absolute Gasteiger partial charge is 0.378 e. The Balaban J connectivity index is 1.52. The molecular weight excluding hydrogens is 288 g/mol. The summed E-state index contributed by atoms with van der Waals surface area (Å²) >= 11 is 0. The van der Waals surface area contributed by atoms with Crippen molar-refractivity contribution in [1.29, 1.82) is 0 Å². The molecule has 4 nitrogen and oxygen atoms in total. The number of hydrogen-bond donors (Lipinski definition) is 1. The van der Waals surface area contributed by atoms with Crippen LogP contribution in [0.1, 0.15) is 31.4 Å². The van der Waals surface area contributed by atoms with Crippen molar-refractivity contribution in [2.75, 3.05) is 20.2 Å². The Morgan fingerprint density at radius 3 is 2.48 bits per heavy atom. The van der Waals surface area contributed by atoms with Crippen LogP contribution < -0.4 is 5.32 Å². The van der Waals surface area contributed by atoms with Gasteiger partial charge in [-0.05, 0) is 43.7 Å². The Morgan fingerprint density at radius 1 is 1.26 bits per heavy atom. The molecule has 1 aromatic carbocycles. The molecule has 1 aliphatic carbocycles. The van der Waals surface area contributed by atoms with Crippen molar-refractivity contribution in [1.82, 2.24) is 10.2 Å². The van der Waals surface area contributed by atoms with Gasteiger partial charge in [0.05, 0.1) is 12.1 Å². The number of carbonyl (C=O) groups excluding carboxylic acids is 1. The Morgan fingerprint density at radius 2 is 1.91 bits per heavy atom. The molecule has 3 rings (SSSR count). The van der Waals surface area contributed by atoms with E-state index < -0.39 is 0 Å². The van der Waals surface area contributed by atoms with Crippen LogP contribution in [0.4, 0.5) is 0 Å². The maximum Gasteiger partial charge on any atom is 0.220 e. The zero-order valence-electron chi connectivity index (χ0n) is 14.4. The molecule has 0 bridgehead atoms. The smallest absolute Gasteiger partial charge is 0.220 e. The average molecular weight is 316 g/mol. The van der Waals surface area contributed by atoms with Gasteiger partial charge in [-0.15, -0.1) is 0 Å². The fraction of sp³-hybridized carbons (Fsp3) is 0.632. The molecule has 0 unspecified atom stereocenters. The fourth-order valence-electron chi connectivity index (χ4n) is 3.92. The number of carbonyl (C=O) groups is 1. The highest BCUT2D eigenvalue weighted by Gasteiger charge is 2.35. The van der Waals surface area contributed by atoms with E-state index >= 15 is 0 Å². The third-order valence-corrected chi connectivity index (χ3v) is 5.28. The van der Waals surface area contributed by atoms with Gasteiger partial charge >= 0.3 is 0 Å². The summed E-state index contributed by atoms with van der Waals surface area (Å²) in [6, 6.07) is 9.14. The Kier molecular flexibility index (Phi) is 5.02. The van der Waals surface area contributed by atoms with Crippen molar-refractivity contribution in [3.63, 3.8) is 0 Å². The van der Waals surface area contributed by atoms with E-state index in [1.54, 1.807) is 7.11 Å². The van der Waals surface area contributed by atoms with E-state index in [9.17, 15) is 4.79 Å². The van der Waals surface area contributed by atoms with Gasteiger partial charge in [0.2, 0.25) is 5.91 Å². The summed E-state index contributed by atoms with van der Waals surface area (Å²) in [5.41, 5.74) is 2.82. The van der Waals surface area contributed by atoms with Crippen molar-refractivity contribution in [3.8, 4) is 0 Å². The van der Waals surface area contributed by atoms with E-state index in [-0.39, 0.29) is 18.1 Å². The fourth-order valence-corrected chi connectivity index (χ4v) is 3.92. The normalized spacial score (nSPS) is 25.0. The lowest BCUT2D eigenvalue weighted by molar-refractivity contribution is -0.123. The van der Waals surface area contributed by atoms with Crippen LogP contribution in [-0.4, -0.2) is 49.2 Å². The van der Waals surface area contributed by atoms with Crippen molar-refractivity contribution >= 4 is 5.91 Å². The van der Waals surface area contributed by atoms with Crippen molar-refractivity contribution < 1.29 is 9.53 Å². The predicted molar refractivity (Wildman–Crippen MR) is 91.4 cm³/mol. The van der Waals surface area contributed by atoms with Crippen molar-refractivity contribution in [2.45, 2.75) is 51.3 Å². The Bertz CT molecular complexity index is 533. The molecule has 1 aliphatic heterocycles. The predicted octanol–water partition coefficient (Wildman–Crippen LogP) is 2.02. The summed E-state index contributed by atoms with van der Waals surface area (Å²) < 4.78 is 5.57. The zero-order chi connectivity index (χ0) is 16.4. The molecule has 2 atom stereocenters. The van der Waals surface area contributed by atoms with Gasteiger partial charge in [-0.1, -0.05) is 24.3 Å². The van der Waals surface area contributed by atoms with Gasteiger partial charge in [-0.2, -0.15) is 0 Å². The number of methoxy groups -OCH3 is 1. The average Bonchev–Trinajstić information content (AvgIpc) is 3.10. The topological polar surface area (TPSA) is 41.6 Å². The second kappa shape index (κ2) is 7.02. The number of nitrogens with zero attached hydrogens (tertiary/aromatic N) is 1. The number of benzene rings is 1. The molecule has 126 valence electrons. The van der Waals surface area contributed by atoms with E-state index in [4.69, 9.17) is 4.74 Å². The molecule has 1 amide bonds. The molecular formula is C19H28N2O2. The van der Waals surface area contributed by atoms with Gasteiger partial charge in [0, 0.05) is 32.7 Å². The molecule has 0 aromatic heterocycles. The molecule has 1 aromatic rings. The highest BCUT2D eigenvalue weighted by molar-refractivity contribution is 5.77. The molecule has 23 heavy (non-hydrogen) atoms. The van der Waals surface area contributed by atoms with Crippen LogP contribution >= 0.6 is 0 Å². The minimum absolute atomic E-state index is 0.0992. The number of amides is 1. The Hall–Kier alpha value is -1.39. The molecule has 0 spiro atoms. The summed E-state index contributed by atoms with van der Waals surface area (Å²) in [6.07, 6.45) is 2.77. The van der Waals surface area contributed by atoms with Crippen LogP contribution in [0.2, 0.25) is 0 Å². The third kappa shape index (κ3) is 3.75. The maximum absolute atomic E-state index is 12.5. The van der Waals surface area contributed by atoms with Crippen LogP contribution in [0.15, 0.2) is 24.3 Å². The van der Waals surface area contributed by atoms with Gasteiger partial charge in [-0.3, -0.25) is 9.69 Å². The summed E-state index contributed by atoms with van der Waals surface area (Å²) in [6.45, 7) is 6.15. The lowest BCUT2D eigenvalue weighted by Crippen LogP contribution is -2.44. The van der Waals surface area contributed by atoms with Gasteiger partial charge < -0.3 is 10.1 Å². The highest BCUT2D eigenvalue weighted by Crippen LogP contribution is 2.28. The second-order valence-electron chi connectivity index (χ2n) is 7.24. The summed E-state index contributed by atoms with van der Waals surface area (Å²) in [4.78, 5) is 14.8. The number of nitrogens with one attached hydrogen (secondary N) is 1. The quantitative estimate of drug-likeness (QED) is 0.903. The number of rotatable bonds is 5. The number of fused-ring (bicyclic) bond motifs is 1. The van der Waals surface area contributed by atoms with E-state index in [0.717, 1.165) is 25.9 Å². The lowest BCUT2D eigenvalue weighted by atomic mass is 10.0. The molecule has 1 heterocycles. The van der Waals surface area contributed by atoms with Crippen LogP contribution in [0.5, 0.6) is 0 Å². The van der Waals surface area contributed by atoms with Crippen molar-refractivity contribution in [3.05, 3.63) is 35.4 Å². The number of ether oxygens (including phenoxy) is 1. The maximum atomic E-state index is 12.5. The summed E-state index contributed by atoms with van der Waals surface area (Å²) in [7, 11) is 1.74. The minimum atomic E-state index is 0.0992.